The second kappa shape index (κ2) is 14.1. The van der Waals surface area contributed by atoms with E-state index in [1.54, 1.807) is 0 Å². The normalized spacial score (nSPS) is 13.1. The first-order valence-corrected chi connectivity index (χ1v) is 9.26. The number of aliphatic carboxylic acids is 2. The molecule has 0 fully saturated rings. The van der Waals surface area contributed by atoms with Crippen LogP contribution in [-0.2, 0) is 19.2 Å². The lowest BCUT2D eigenvalue weighted by Crippen LogP contribution is -2.23. The van der Waals surface area contributed by atoms with E-state index in [4.69, 9.17) is 21.7 Å². The van der Waals surface area contributed by atoms with Crippen LogP contribution in [0.1, 0.15) is 77.0 Å². The van der Waals surface area contributed by atoms with Crippen LogP contribution in [0.4, 0.5) is 0 Å². The van der Waals surface area contributed by atoms with Gasteiger partial charge in [0.2, 0.25) is 11.8 Å². The van der Waals surface area contributed by atoms with Crippen molar-refractivity contribution in [1.29, 1.82) is 0 Å². The van der Waals surface area contributed by atoms with E-state index < -0.39 is 11.9 Å². The van der Waals surface area contributed by atoms with Crippen molar-refractivity contribution in [2.75, 3.05) is 0 Å². The van der Waals surface area contributed by atoms with Gasteiger partial charge in [-0.25, -0.2) is 0 Å². The second-order valence-corrected chi connectivity index (χ2v) is 6.76. The van der Waals surface area contributed by atoms with Gasteiger partial charge in [0.05, 0.1) is 0 Å². The first kappa shape index (κ1) is 23.9. The number of carboxylic acid groups (broad SMARTS) is 2. The van der Waals surface area contributed by atoms with E-state index in [0.717, 1.165) is 25.7 Å². The maximum Gasteiger partial charge on any atom is 0.303 e. The Kier molecular flexibility index (Phi) is 12.9. The Hall–Kier alpha value is -2.12. The van der Waals surface area contributed by atoms with Crippen molar-refractivity contribution in [1.82, 2.24) is 0 Å². The van der Waals surface area contributed by atoms with E-state index in [-0.39, 0.29) is 36.5 Å². The third kappa shape index (κ3) is 13.2. The fourth-order valence-corrected chi connectivity index (χ4v) is 2.99. The lowest BCUT2D eigenvalue weighted by atomic mass is 9.92. The van der Waals surface area contributed by atoms with E-state index in [9.17, 15) is 19.2 Å². The van der Waals surface area contributed by atoms with E-state index >= 15 is 0 Å². The number of nitrogens with two attached hydrogens (primary N) is 2. The van der Waals surface area contributed by atoms with Crippen LogP contribution in [0.3, 0.4) is 0 Å². The zero-order chi connectivity index (χ0) is 19.9. The summed E-state index contributed by atoms with van der Waals surface area (Å²) in [6, 6.07) is 0. The van der Waals surface area contributed by atoms with Crippen molar-refractivity contribution in [2.24, 2.45) is 23.3 Å². The molecule has 0 aromatic heterocycles. The van der Waals surface area contributed by atoms with Gasteiger partial charge < -0.3 is 21.7 Å². The first-order valence-electron chi connectivity index (χ1n) is 9.26. The summed E-state index contributed by atoms with van der Waals surface area (Å²) in [5, 5.41) is 17.2. The minimum absolute atomic E-state index is 0.0418. The Bertz CT molecular complexity index is 425. The quantitative estimate of drug-likeness (QED) is 0.286. The van der Waals surface area contributed by atoms with Gasteiger partial charge in [0.15, 0.2) is 0 Å². The molecule has 2 atom stereocenters. The average molecular weight is 372 g/mol. The monoisotopic (exact) mass is 372 g/mol. The van der Waals surface area contributed by atoms with Crippen molar-refractivity contribution in [2.45, 2.75) is 77.0 Å². The minimum atomic E-state index is -0.874. The highest BCUT2D eigenvalue weighted by Gasteiger charge is 2.17. The smallest absolute Gasteiger partial charge is 0.303 e. The summed E-state index contributed by atoms with van der Waals surface area (Å²) in [4.78, 5) is 43.8. The number of rotatable bonds is 17. The lowest BCUT2D eigenvalue weighted by molar-refractivity contribution is -0.138. The number of carboxylic acids is 2. The molecule has 0 aromatic rings. The molecule has 0 saturated carbocycles. The van der Waals surface area contributed by atoms with Crippen LogP contribution in [0.5, 0.6) is 0 Å². The molecule has 0 aromatic carbocycles. The summed E-state index contributed by atoms with van der Waals surface area (Å²) < 4.78 is 0. The molecule has 6 N–H and O–H groups in total. The Morgan fingerprint density at radius 1 is 0.577 bits per heavy atom. The molecule has 8 heteroatoms. The Balaban J connectivity index is 3.92. The van der Waals surface area contributed by atoms with Crippen molar-refractivity contribution >= 4 is 23.8 Å². The van der Waals surface area contributed by atoms with Crippen LogP contribution in [-0.4, -0.2) is 34.0 Å². The zero-order valence-electron chi connectivity index (χ0n) is 15.3. The molecule has 0 aliphatic carbocycles. The summed E-state index contributed by atoms with van der Waals surface area (Å²) in [7, 11) is 0. The molecule has 2 unspecified atom stereocenters. The van der Waals surface area contributed by atoms with E-state index in [1.807, 2.05) is 0 Å². The van der Waals surface area contributed by atoms with Crippen molar-refractivity contribution in [3.63, 3.8) is 0 Å². The number of carbonyl (C=O) groups is 4. The van der Waals surface area contributed by atoms with Crippen molar-refractivity contribution < 1.29 is 29.4 Å². The highest BCUT2D eigenvalue weighted by Crippen LogP contribution is 2.20. The minimum Gasteiger partial charge on any atom is -0.481 e. The molecule has 0 aliphatic heterocycles. The van der Waals surface area contributed by atoms with Crippen LogP contribution >= 0.6 is 0 Å². The predicted molar refractivity (Wildman–Crippen MR) is 96.0 cm³/mol. The Labute approximate surface area is 154 Å². The molecule has 8 nitrogen and oxygen atoms in total. The molecule has 150 valence electrons. The third-order valence-electron chi connectivity index (χ3n) is 4.55. The van der Waals surface area contributed by atoms with Crippen LogP contribution in [0.2, 0.25) is 0 Å². The van der Waals surface area contributed by atoms with Crippen LogP contribution < -0.4 is 11.5 Å². The number of hydrogen-bond acceptors (Lipinski definition) is 4. The summed E-state index contributed by atoms with van der Waals surface area (Å²) in [6.45, 7) is 0. The topological polar surface area (TPSA) is 161 Å². The number of amides is 2. The van der Waals surface area contributed by atoms with E-state index in [0.29, 0.717) is 38.5 Å². The summed E-state index contributed by atoms with van der Waals surface area (Å²) in [5.74, 6) is -3.10. The molecule has 0 bridgehead atoms. The molecule has 0 spiro atoms. The standard InChI is InChI=1S/C18H32N2O6/c19-17(25)13(9-5-11-15(21)22)7-3-1-2-4-8-14(18(20)26)10-6-12-16(23)24/h13-14H,1-12H2,(H2,19,25)(H2,20,26)(H,21,22)(H,23,24). The van der Waals surface area contributed by atoms with E-state index in [1.165, 1.54) is 0 Å². The molecular formula is C18H32N2O6. The predicted octanol–water partition coefficient (Wildman–Crippen LogP) is 2.04. The highest BCUT2D eigenvalue weighted by atomic mass is 16.4. The maximum absolute atomic E-state index is 11.4. The van der Waals surface area contributed by atoms with Gasteiger partial charge in [-0.2, -0.15) is 0 Å². The van der Waals surface area contributed by atoms with Crippen LogP contribution in [0, 0.1) is 11.8 Å². The first-order chi connectivity index (χ1) is 12.2. The van der Waals surface area contributed by atoms with Gasteiger partial charge >= 0.3 is 11.9 Å². The zero-order valence-corrected chi connectivity index (χ0v) is 15.3. The molecule has 0 aliphatic rings. The second-order valence-electron chi connectivity index (χ2n) is 6.76. The summed E-state index contributed by atoms with van der Waals surface area (Å²) >= 11 is 0. The van der Waals surface area contributed by atoms with Crippen molar-refractivity contribution in [3.05, 3.63) is 0 Å². The fraction of sp³-hybridized carbons (Fsp3) is 0.778. The molecular weight excluding hydrogens is 340 g/mol. The summed E-state index contributed by atoms with van der Waals surface area (Å²) in [5.41, 5.74) is 10.7. The Morgan fingerprint density at radius 2 is 0.885 bits per heavy atom. The van der Waals surface area contributed by atoms with Gasteiger partial charge in [0.1, 0.15) is 0 Å². The van der Waals surface area contributed by atoms with Gasteiger partial charge in [-0.3, -0.25) is 19.2 Å². The van der Waals surface area contributed by atoms with Gasteiger partial charge in [0, 0.05) is 24.7 Å². The molecule has 26 heavy (non-hydrogen) atoms. The highest BCUT2D eigenvalue weighted by molar-refractivity contribution is 5.77. The van der Waals surface area contributed by atoms with Gasteiger partial charge in [0.25, 0.3) is 0 Å². The number of hydrogen-bond donors (Lipinski definition) is 4. The number of primary amides is 2. The molecule has 0 saturated heterocycles. The maximum atomic E-state index is 11.4. The van der Waals surface area contributed by atoms with Gasteiger partial charge in [-0.15, -0.1) is 0 Å². The Morgan fingerprint density at radius 3 is 1.15 bits per heavy atom. The molecule has 2 amide bonds. The average Bonchev–Trinajstić information content (AvgIpc) is 2.53. The largest absolute Gasteiger partial charge is 0.481 e. The van der Waals surface area contributed by atoms with Gasteiger partial charge in [-0.05, 0) is 38.5 Å². The van der Waals surface area contributed by atoms with Gasteiger partial charge in [-0.1, -0.05) is 25.7 Å². The SMILES string of the molecule is NC(=O)C(CCCCCCC(CCCC(=O)O)C(N)=O)CCCC(=O)O. The van der Waals surface area contributed by atoms with E-state index in [2.05, 4.69) is 0 Å². The molecule has 0 heterocycles. The van der Waals surface area contributed by atoms with Crippen molar-refractivity contribution in [3.8, 4) is 0 Å². The third-order valence-corrected chi connectivity index (χ3v) is 4.55. The fourth-order valence-electron chi connectivity index (χ4n) is 2.99. The molecule has 0 rings (SSSR count). The number of unbranched alkanes of at least 4 members (excludes halogenated alkanes) is 3. The van der Waals surface area contributed by atoms with Crippen LogP contribution in [0.25, 0.3) is 0 Å². The summed E-state index contributed by atoms with van der Waals surface area (Å²) in [6.07, 6.45) is 6.68. The number of carbonyl (C=O) groups excluding carboxylic acids is 2. The lowest BCUT2D eigenvalue weighted by Gasteiger charge is -2.14. The van der Waals surface area contributed by atoms with Crippen LogP contribution in [0.15, 0.2) is 0 Å². The molecule has 0 radical (unpaired) electrons.